The molecule has 114 valence electrons. The Labute approximate surface area is 127 Å². The van der Waals surface area contributed by atoms with Gasteiger partial charge >= 0.3 is 0 Å². The van der Waals surface area contributed by atoms with Crippen LogP contribution in [0.25, 0.3) is 6.08 Å². The van der Waals surface area contributed by atoms with Gasteiger partial charge in [-0.15, -0.1) is 0 Å². The molecule has 0 N–H and O–H groups in total. The third kappa shape index (κ3) is 5.01. The van der Waals surface area contributed by atoms with Gasteiger partial charge in [0.25, 0.3) is 0 Å². The number of hydrogen-bond donors (Lipinski definition) is 0. The Morgan fingerprint density at radius 1 is 1.38 bits per heavy atom. The van der Waals surface area contributed by atoms with Crippen molar-refractivity contribution < 1.29 is 9.53 Å². The molecule has 0 bridgehead atoms. The highest BCUT2D eigenvalue weighted by atomic mass is 16.5. The summed E-state index contributed by atoms with van der Waals surface area (Å²) in [6.07, 6.45) is 5.01. The number of carbonyl (C=O) groups excluding carboxylic acids is 1. The van der Waals surface area contributed by atoms with E-state index in [0.717, 1.165) is 13.0 Å². The van der Waals surface area contributed by atoms with Crippen molar-refractivity contribution in [2.24, 2.45) is 11.8 Å². The zero-order valence-corrected chi connectivity index (χ0v) is 13.0. The predicted octanol–water partition coefficient (Wildman–Crippen LogP) is 3.22. The highest BCUT2D eigenvalue weighted by molar-refractivity contribution is 5.79. The molecule has 1 fully saturated rings. The molecule has 0 saturated carbocycles. The molecule has 1 unspecified atom stereocenters. The van der Waals surface area contributed by atoms with E-state index < -0.39 is 0 Å². The minimum absolute atomic E-state index is 0.0499. The lowest BCUT2D eigenvalue weighted by Crippen LogP contribution is -2.39. The van der Waals surface area contributed by atoms with Crippen molar-refractivity contribution in [2.45, 2.75) is 20.3 Å². The minimum Gasteiger partial charge on any atom is -0.381 e. The molecule has 1 aliphatic heterocycles. The Kier molecular flexibility index (Phi) is 6.00. The molecule has 1 aliphatic rings. The van der Waals surface area contributed by atoms with Crippen molar-refractivity contribution in [3.05, 3.63) is 42.0 Å². The standard InChI is InChI=1S/C18H25NO2/c1-15(2)13-19(18(20)17-10-12-21-14-17)11-6-9-16-7-4-3-5-8-16/h3-9,15,17H,10-14H2,1-2H3/b9-6+. The number of amides is 1. The van der Waals surface area contributed by atoms with E-state index in [-0.39, 0.29) is 11.8 Å². The Hall–Kier alpha value is -1.61. The topological polar surface area (TPSA) is 29.5 Å². The van der Waals surface area contributed by atoms with Gasteiger partial charge in [-0.25, -0.2) is 0 Å². The molecule has 1 aromatic rings. The first-order valence-corrected chi connectivity index (χ1v) is 7.75. The summed E-state index contributed by atoms with van der Waals surface area (Å²) in [6.45, 7) is 7.05. The van der Waals surface area contributed by atoms with Gasteiger partial charge in [0.05, 0.1) is 12.5 Å². The van der Waals surface area contributed by atoms with Gasteiger partial charge in [0, 0.05) is 19.7 Å². The number of hydrogen-bond acceptors (Lipinski definition) is 2. The molecule has 0 radical (unpaired) electrons. The van der Waals surface area contributed by atoms with Crippen molar-refractivity contribution in [1.29, 1.82) is 0 Å². The molecule has 3 nitrogen and oxygen atoms in total. The van der Waals surface area contributed by atoms with Crippen LogP contribution in [-0.2, 0) is 9.53 Å². The van der Waals surface area contributed by atoms with E-state index in [0.29, 0.717) is 25.7 Å². The van der Waals surface area contributed by atoms with Crippen LogP contribution >= 0.6 is 0 Å². The van der Waals surface area contributed by atoms with Gasteiger partial charge in [-0.05, 0) is 17.9 Å². The van der Waals surface area contributed by atoms with Crippen LogP contribution < -0.4 is 0 Å². The van der Waals surface area contributed by atoms with Crippen molar-refractivity contribution in [2.75, 3.05) is 26.3 Å². The summed E-state index contributed by atoms with van der Waals surface area (Å²) < 4.78 is 5.34. The van der Waals surface area contributed by atoms with E-state index in [1.165, 1.54) is 5.56 Å². The van der Waals surface area contributed by atoms with Gasteiger partial charge in [-0.1, -0.05) is 56.3 Å². The summed E-state index contributed by atoms with van der Waals surface area (Å²) in [6, 6.07) is 10.2. The second kappa shape index (κ2) is 7.99. The Balaban J connectivity index is 1.95. The summed E-state index contributed by atoms with van der Waals surface area (Å²) >= 11 is 0. The number of carbonyl (C=O) groups is 1. The zero-order valence-electron chi connectivity index (χ0n) is 13.0. The van der Waals surface area contributed by atoms with E-state index in [2.05, 4.69) is 38.1 Å². The van der Waals surface area contributed by atoms with Crippen LogP contribution in [0.3, 0.4) is 0 Å². The quantitative estimate of drug-likeness (QED) is 0.804. The highest BCUT2D eigenvalue weighted by Gasteiger charge is 2.27. The monoisotopic (exact) mass is 287 g/mol. The molecule has 2 rings (SSSR count). The maximum atomic E-state index is 12.5. The molecule has 21 heavy (non-hydrogen) atoms. The number of nitrogens with zero attached hydrogens (tertiary/aromatic N) is 1. The number of ether oxygens (including phenoxy) is 1. The lowest BCUT2D eigenvalue weighted by atomic mass is 10.1. The van der Waals surface area contributed by atoms with Crippen LogP contribution in [0, 0.1) is 11.8 Å². The first-order chi connectivity index (χ1) is 10.2. The summed E-state index contributed by atoms with van der Waals surface area (Å²) in [5.74, 6) is 0.759. The second-order valence-corrected chi connectivity index (χ2v) is 6.01. The molecule has 1 heterocycles. The third-order valence-corrected chi connectivity index (χ3v) is 3.61. The van der Waals surface area contributed by atoms with Crippen LogP contribution in [0.1, 0.15) is 25.8 Å². The van der Waals surface area contributed by atoms with Gasteiger partial charge in [-0.2, -0.15) is 0 Å². The van der Waals surface area contributed by atoms with Crippen LogP contribution in [0.15, 0.2) is 36.4 Å². The fraction of sp³-hybridized carbons (Fsp3) is 0.500. The molecule has 0 aromatic heterocycles. The summed E-state index contributed by atoms with van der Waals surface area (Å²) in [4.78, 5) is 14.5. The smallest absolute Gasteiger partial charge is 0.228 e. The lowest BCUT2D eigenvalue weighted by molar-refractivity contribution is -0.135. The summed E-state index contributed by atoms with van der Waals surface area (Å²) in [5, 5.41) is 0. The molecule has 1 atom stereocenters. The van der Waals surface area contributed by atoms with E-state index in [1.807, 2.05) is 23.1 Å². The van der Waals surface area contributed by atoms with E-state index in [1.54, 1.807) is 0 Å². The second-order valence-electron chi connectivity index (χ2n) is 6.01. The van der Waals surface area contributed by atoms with Crippen molar-refractivity contribution in [3.63, 3.8) is 0 Å². The van der Waals surface area contributed by atoms with Crippen LogP contribution in [-0.4, -0.2) is 37.1 Å². The molecule has 0 spiro atoms. The summed E-state index contributed by atoms with van der Waals surface area (Å²) in [5.41, 5.74) is 1.17. The van der Waals surface area contributed by atoms with Gasteiger partial charge in [0.1, 0.15) is 0 Å². The van der Waals surface area contributed by atoms with Crippen molar-refractivity contribution in [1.82, 2.24) is 4.90 Å². The molecule has 0 aliphatic carbocycles. The van der Waals surface area contributed by atoms with E-state index in [4.69, 9.17) is 4.74 Å². The first kappa shape index (κ1) is 15.8. The summed E-state index contributed by atoms with van der Waals surface area (Å²) in [7, 11) is 0. The van der Waals surface area contributed by atoms with Gasteiger partial charge in [0.15, 0.2) is 0 Å². The number of rotatable bonds is 6. The fourth-order valence-electron chi connectivity index (χ4n) is 2.56. The Morgan fingerprint density at radius 2 is 2.14 bits per heavy atom. The largest absolute Gasteiger partial charge is 0.381 e. The average molecular weight is 287 g/mol. The average Bonchev–Trinajstić information content (AvgIpc) is 3.00. The van der Waals surface area contributed by atoms with Crippen LogP contribution in [0.4, 0.5) is 0 Å². The van der Waals surface area contributed by atoms with E-state index in [9.17, 15) is 4.79 Å². The Morgan fingerprint density at radius 3 is 2.76 bits per heavy atom. The molecule has 3 heteroatoms. The predicted molar refractivity (Wildman–Crippen MR) is 85.8 cm³/mol. The third-order valence-electron chi connectivity index (χ3n) is 3.61. The molecule has 1 aromatic carbocycles. The highest BCUT2D eigenvalue weighted by Crippen LogP contribution is 2.16. The van der Waals surface area contributed by atoms with E-state index >= 15 is 0 Å². The zero-order chi connectivity index (χ0) is 15.1. The van der Waals surface area contributed by atoms with Crippen LogP contribution in [0.2, 0.25) is 0 Å². The maximum Gasteiger partial charge on any atom is 0.228 e. The first-order valence-electron chi connectivity index (χ1n) is 7.75. The van der Waals surface area contributed by atoms with Crippen molar-refractivity contribution >= 4 is 12.0 Å². The normalized spacial score (nSPS) is 18.5. The molecule has 1 saturated heterocycles. The van der Waals surface area contributed by atoms with Gasteiger partial charge in [0.2, 0.25) is 5.91 Å². The maximum absolute atomic E-state index is 12.5. The SMILES string of the molecule is CC(C)CN(C/C=C/c1ccccc1)C(=O)C1CCOC1. The minimum atomic E-state index is 0.0499. The molecular weight excluding hydrogens is 262 g/mol. The van der Waals surface area contributed by atoms with Crippen molar-refractivity contribution in [3.8, 4) is 0 Å². The fourth-order valence-corrected chi connectivity index (χ4v) is 2.56. The van der Waals surface area contributed by atoms with Crippen LogP contribution in [0.5, 0.6) is 0 Å². The Bertz CT molecular complexity index is 461. The lowest BCUT2D eigenvalue weighted by Gasteiger charge is -2.25. The van der Waals surface area contributed by atoms with Gasteiger partial charge < -0.3 is 9.64 Å². The van der Waals surface area contributed by atoms with Gasteiger partial charge in [-0.3, -0.25) is 4.79 Å². The molecule has 1 amide bonds. The number of benzene rings is 1. The molecular formula is C18H25NO2.